The second-order valence-electron chi connectivity index (χ2n) is 3.91. The van der Waals surface area contributed by atoms with Crippen molar-refractivity contribution in [1.82, 2.24) is 14.9 Å². The van der Waals surface area contributed by atoms with Gasteiger partial charge in [0, 0.05) is 52.7 Å². The zero-order chi connectivity index (χ0) is 13.2. The number of amides is 1. The highest BCUT2D eigenvalue weighted by molar-refractivity contribution is 5.76. The molecule has 1 rings (SSSR count). The minimum atomic E-state index is 0.106. The monoisotopic (exact) mass is 252 g/mol. The lowest BCUT2D eigenvalue weighted by Gasteiger charge is -2.16. The Bertz CT molecular complexity index is 345. The number of methoxy groups -OCH3 is 1. The van der Waals surface area contributed by atoms with Crippen LogP contribution in [0.1, 0.15) is 12.8 Å². The Labute approximate surface area is 107 Å². The number of nitrogens with one attached hydrogen (secondary N) is 1. The van der Waals surface area contributed by atoms with Crippen molar-refractivity contribution in [2.24, 2.45) is 0 Å². The van der Waals surface area contributed by atoms with E-state index in [9.17, 15) is 4.79 Å². The molecule has 6 nitrogen and oxygen atoms in total. The molecule has 1 heterocycles. The van der Waals surface area contributed by atoms with Crippen molar-refractivity contribution in [2.75, 3.05) is 39.2 Å². The van der Waals surface area contributed by atoms with E-state index >= 15 is 0 Å². The minimum Gasteiger partial charge on any atom is -0.385 e. The third-order valence-electron chi connectivity index (χ3n) is 2.46. The highest BCUT2D eigenvalue weighted by Gasteiger charge is 2.07. The van der Waals surface area contributed by atoms with Gasteiger partial charge in [0.15, 0.2) is 0 Å². The van der Waals surface area contributed by atoms with Crippen LogP contribution < -0.4 is 5.32 Å². The van der Waals surface area contributed by atoms with Gasteiger partial charge in [0.1, 0.15) is 0 Å². The number of aromatic nitrogens is 2. The van der Waals surface area contributed by atoms with Crippen LogP contribution in [0.2, 0.25) is 0 Å². The number of hydrogen-bond acceptors (Lipinski definition) is 5. The second-order valence-corrected chi connectivity index (χ2v) is 3.91. The van der Waals surface area contributed by atoms with E-state index in [1.54, 1.807) is 37.5 Å². The van der Waals surface area contributed by atoms with E-state index < -0.39 is 0 Å². The minimum absolute atomic E-state index is 0.106. The van der Waals surface area contributed by atoms with Crippen molar-refractivity contribution in [3.8, 4) is 0 Å². The molecule has 0 saturated carbocycles. The average Bonchev–Trinajstić information content (AvgIpc) is 2.40. The quantitative estimate of drug-likeness (QED) is 0.692. The first-order valence-electron chi connectivity index (χ1n) is 5.98. The highest BCUT2D eigenvalue weighted by Crippen LogP contribution is 1.97. The summed E-state index contributed by atoms with van der Waals surface area (Å²) in [5, 5.41) is 3.00. The molecule has 1 amide bonds. The van der Waals surface area contributed by atoms with Gasteiger partial charge in [-0.1, -0.05) is 0 Å². The SMILES string of the molecule is COCCCN(C)C(=O)CCNc1ncccn1. The molecule has 0 aliphatic heterocycles. The van der Waals surface area contributed by atoms with E-state index in [0.717, 1.165) is 6.42 Å². The van der Waals surface area contributed by atoms with Gasteiger partial charge in [-0.2, -0.15) is 0 Å². The van der Waals surface area contributed by atoms with Gasteiger partial charge >= 0.3 is 0 Å². The van der Waals surface area contributed by atoms with Gasteiger partial charge in [-0.25, -0.2) is 9.97 Å². The summed E-state index contributed by atoms with van der Waals surface area (Å²) in [5.74, 6) is 0.655. The molecule has 0 saturated heterocycles. The Morgan fingerprint density at radius 2 is 2.17 bits per heavy atom. The lowest BCUT2D eigenvalue weighted by molar-refractivity contribution is -0.129. The van der Waals surface area contributed by atoms with Crippen molar-refractivity contribution in [3.05, 3.63) is 18.5 Å². The maximum Gasteiger partial charge on any atom is 0.224 e. The molecular formula is C12H20N4O2. The number of carbonyl (C=O) groups excluding carboxylic acids is 1. The Hall–Kier alpha value is -1.69. The molecule has 0 aromatic carbocycles. The maximum absolute atomic E-state index is 11.7. The molecule has 0 spiro atoms. The fourth-order valence-corrected chi connectivity index (χ4v) is 1.43. The van der Waals surface area contributed by atoms with E-state index in [1.807, 2.05) is 0 Å². The van der Waals surface area contributed by atoms with Crippen LogP contribution in [0.25, 0.3) is 0 Å². The first-order valence-corrected chi connectivity index (χ1v) is 5.98. The smallest absolute Gasteiger partial charge is 0.224 e. The summed E-state index contributed by atoms with van der Waals surface area (Å²) in [4.78, 5) is 21.5. The number of ether oxygens (including phenoxy) is 1. The lowest BCUT2D eigenvalue weighted by atomic mass is 10.3. The van der Waals surface area contributed by atoms with E-state index in [0.29, 0.717) is 32.1 Å². The molecule has 0 unspecified atom stereocenters. The molecule has 0 fully saturated rings. The molecular weight excluding hydrogens is 232 g/mol. The van der Waals surface area contributed by atoms with Crippen LogP contribution >= 0.6 is 0 Å². The van der Waals surface area contributed by atoms with Gasteiger partial charge in [0.2, 0.25) is 11.9 Å². The van der Waals surface area contributed by atoms with E-state index in [-0.39, 0.29) is 5.91 Å². The van der Waals surface area contributed by atoms with Crippen LogP contribution in [0.15, 0.2) is 18.5 Å². The van der Waals surface area contributed by atoms with Crippen LogP contribution in [-0.2, 0) is 9.53 Å². The van der Waals surface area contributed by atoms with Crippen molar-refractivity contribution < 1.29 is 9.53 Å². The second kappa shape index (κ2) is 8.41. The summed E-state index contributed by atoms with van der Waals surface area (Å²) < 4.78 is 4.94. The first-order chi connectivity index (χ1) is 8.74. The van der Waals surface area contributed by atoms with Crippen molar-refractivity contribution >= 4 is 11.9 Å². The third kappa shape index (κ3) is 5.58. The highest BCUT2D eigenvalue weighted by atomic mass is 16.5. The van der Waals surface area contributed by atoms with E-state index in [1.165, 1.54) is 0 Å². The molecule has 6 heteroatoms. The van der Waals surface area contributed by atoms with Gasteiger partial charge in [-0.05, 0) is 12.5 Å². The molecule has 18 heavy (non-hydrogen) atoms. The molecule has 0 aliphatic carbocycles. The lowest BCUT2D eigenvalue weighted by Crippen LogP contribution is -2.29. The van der Waals surface area contributed by atoms with Crippen molar-refractivity contribution in [1.29, 1.82) is 0 Å². The number of rotatable bonds is 8. The number of anilines is 1. The Balaban J connectivity index is 2.16. The van der Waals surface area contributed by atoms with Crippen LogP contribution in [0.3, 0.4) is 0 Å². The maximum atomic E-state index is 11.7. The summed E-state index contributed by atoms with van der Waals surface area (Å²) in [6.07, 6.45) is 4.61. The summed E-state index contributed by atoms with van der Waals surface area (Å²) in [6, 6.07) is 1.75. The van der Waals surface area contributed by atoms with Gasteiger partial charge in [-0.15, -0.1) is 0 Å². The Morgan fingerprint density at radius 1 is 1.44 bits per heavy atom. The van der Waals surface area contributed by atoms with Gasteiger partial charge < -0.3 is 15.0 Å². The molecule has 1 aromatic rings. The standard InChI is InChI=1S/C12H20N4O2/c1-16(9-4-10-18-2)11(17)5-8-15-12-13-6-3-7-14-12/h3,6-7H,4-5,8-10H2,1-2H3,(H,13,14,15). The molecule has 0 bridgehead atoms. The van der Waals surface area contributed by atoms with E-state index in [4.69, 9.17) is 4.74 Å². The first kappa shape index (κ1) is 14.4. The fraction of sp³-hybridized carbons (Fsp3) is 0.583. The fourth-order valence-electron chi connectivity index (χ4n) is 1.43. The number of hydrogen-bond donors (Lipinski definition) is 1. The van der Waals surface area contributed by atoms with Gasteiger partial charge in [0.05, 0.1) is 0 Å². The van der Waals surface area contributed by atoms with E-state index in [2.05, 4.69) is 15.3 Å². The largest absolute Gasteiger partial charge is 0.385 e. The third-order valence-corrected chi connectivity index (χ3v) is 2.46. The molecule has 1 N–H and O–H groups in total. The molecule has 0 aliphatic rings. The normalized spacial score (nSPS) is 10.1. The van der Waals surface area contributed by atoms with Gasteiger partial charge in [0.25, 0.3) is 0 Å². The number of nitrogens with zero attached hydrogens (tertiary/aromatic N) is 3. The summed E-state index contributed by atoms with van der Waals surface area (Å²) in [6.45, 7) is 1.93. The molecule has 1 aromatic heterocycles. The predicted molar refractivity (Wildman–Crippen MR) is 69.3 cm³/mol. The number of carbonyl (C=O) groups is 1. The van der Waals surface area contributed by atoms with Crippen LogP contribution in [0.4, 0.5) is 5.95 Å². The topological polar surface area (TPSA) is 67.3 Å². The molecule has 0 radical (unpaired) electrons. The predicted octanol–water partition coefficient (Wildman–Crippen LogP) is 0.773. The molecule has 0 atom stereocenters. The summed E-state index contributed by atoms with van der Waals surface area (Å²) >= 11 is 0. The zero-order valence-electron chi connectivity index (χ0n) is 10.9. The van der Waals surface area contributed by atoms with Crippen molar-refractivity contribution in [2.45, 2.75) is 12.8 Å². The Kier molecular flexibility index (Phi) is 6.71. The summed E-state index contributed by atoms with van der Waals surface area (Å²) in [5.41, 5.74) is 0. The van der Waals surface area contributed by atoms with Crippen LogP contribution in [0.5, 0.6) is 0 Å². The zero-order valence-corrected chi connectivity index (χ0v) is 10.9. The average molecular weight is 252 g/mol. The van der Waals surface area contributed by atoms with Crippen LogP contribution in [-0.4, -0.2) is 54.6 Å². The Morgan fingerprint density at radius 3 is 2.83 bits per heavy atom. The molecule has 100 valence electrons. The van der Waals surface area contributed by atoms with Gasteiger partial charge in [-0.3, -0.25) is 4.79 Å². The van der Waals surface area contributed by atoms with Crippen molar-refractivity contribution in [3.63, 3.8) is 0 Å². The van der Waals surface area contributed by atoms with Crippen LogP contribution in [0, 0.1) is 0 Å². The summed E-state index contributed by atoms with van der Waals surface area (Å²) in [7, 11) is 3.46.